The van der Waals surface area contributed by atoms with Crippen LogP contribution in [-0.2, 0) is 11.2 Å². The normalized spacial score (nSPS) is 10.4. The maximum absolute atomic E-state index is 12.3. The maximum atomic E-state index is 12.3. The minimum absolute atomic E-state index is 0.0952. The first-order valence-electron chi connectivity index (χ1n) is 7.80. The van der Waals surface area contributed by atoms with Gasteiger partial charge in [-0.25, -0.2) is 0 Å². The number of amides is 1. The number of aliphatic carboxylic acids is 1. The van der Waals surface area contributed by atoms with Gasteiger partial charge in [-0.05, 0) is 36.8 Å². The molecule has 126 valence electrons. The number of furan rings is 1. The summed E-state index contributed by atoms with van der Waals surface area (Å²) in [6, 6.07) is 17.9. The molecular weight excluding hydrogens is 318 g/mol. The first-order chi connectivity index (χ1) is 12.0. The number of rotatable bonds is 5. The van der Waals surface area contributed by atoms with Crippen molar-refractivity contribution >= 4 is 17.6 Å². The predicted octanol–water partition coefficient (Wildman–Crippen LogP) is 4.13. The van der Waals surface area contributed by atoms with Crippen molar-refractivity contribution in [2.24, 2.45) is 0 Å². The molecule has 0 saturated carbocycles. The van der Waals surface area contributed by atoms with Crippen molar-refractivity contribution in [1.29, 1.82) is 0 Å². The van der Waals surface area contributed by atoms with Crippen molar-refractivity contribution < 1.29 is 19.1 Å². The number of benzene rings is 2. The maximum Gasteiger partial charge on any atom is 0.307 e. The van der Waals surface area contributed by atoms with E-state index >= 15 is 0 Å². The summed E-state index contributed by atoms with van der Waals surface area (Å²) in [5.41, 5.74) is 3.18. The van der Waals surface area contributed by atoms with E-state index in [1.165, 1.54) is 0 Å². The Morgan fingerprint density at radius 2 is 1.80 bits per heavy atom. The number of anilines is 1. The van der Waals surface area contributed by atoms with Gasteiger partial charge in [0.15, 0.2) is 5.76 Å². The van der Waals surface area contributed by atoms with Gasteiger partial charge in [0.1, 0.15) is 5.76 Å². The van der Waals surface area contributed by atoms with Crippen LogP contribution in [0.25, 0.3) is 11.3 Å². The largest absolute Gasteiger partial charge is 0.481 e. The molecule has 5 nitrogen and oxygen atoms in total. The fourth-order valence-electron chi connectivity index (χ4n) is 2.46. The Morgan fingerprint density at radius 1 is 1.04 bits per heavy atom. The fourth-order valence-corrected chi connectivity index (χ4v) is 2.46. The third-order valence-electron chi connectivity index (χ3n) is 3.71. The van der Waals surface area contributed by atoms with Crippen LogP contribution in [0.15, 0.2) is 65.1 Å². The minimum atomic E-state index is -0.919. The highest BCUT2D eigenvalue weighted by atomic mass is 16.4. The molecule has 5 heteroatoms. The van der Waals surface area contributed by atoms with E-state index in [0.717, 1.165) is 11.1 Å². The van der Waals surface area contributed by atoms with Crippen molar-refractivity contribution in [3.05, 3.63) is 77.6 Å². The Labute approximate surface area is 144 Å². The van der Waals surface area contributed by atoms with Crippen molar-refractivity contribution in [3.63, 3.8) is 0 Å². The summed E-state index contributed by atoms with van der Waals surface area (Å²) in [7, 11) is 0. The molecule has 3 aromatic rings. The number of aryl methyl sites for hydroxylation is 1. The van der Waals surface area contributed by atoms with E-state index in [4.69, 9.17) is 9.52 Å². The average Bonchev–Trinajstić information content (AvgIpc) is 3.05. The minimum Gasteiger partial charge on any atom is -0.481 e. The summed E-state index contributed by atoms with van der Waals surface area (Å²) in [6.45, 7) is 2.00. The standard InChI is InChI=1S/C20H17NO4/c1-13-5-7-15(8-6-13)17-9-10-18(25-17)20(24)21-16-4-2-3-14(11-16)12-19(22)23/h2-11H,12H2,1H3,(H,21,24)(H,22,23). The second-order valence-corrected chi connectivity index (χ2v) is 5.75. The molecule has 0 saturated heterocycles. The van der Waals surface area contributed by atoms with E-state index in [-0.39, 0.29) is 18.1 Å². The molecule has 3 rings (SSSR count). The van der Waals surface area contributed by atoms with Gasteiger partial charge in [0.05, 0.1) is 6.42 Å². The number of hydrogen-bond donors (Lipinski definition) is 2. The summed E-state index contributed by atoms with van der Waals surface area (Å²) < 4.78 is 5.63. The third kappa shape index (κ3) is 4.14. The Bertz CT molecular complexity index is 909. The van der Waals surface area contributed by atoms with E-state index in [1.807, 2.05) is 31.2 Å². The Kier molecular flexibility index (Phi) is 4.66. The summed E-state index contributed by atoms with van der Waals surface area (Å²) in [5.74, 6) is -0.493. The first-order valence-corrected chi connectivity index (χ1v) is 7.80. The van der Waals surface area contributed by atoms with Crippen molar-refractivity contribution in [3.8, 4) is 11.3 Å². The van der Waals surface area contributed by atoms with Gasteiger partial charge in [-0.1, -0.05) is 42.0 Å². The van der Waals surface area contributed by atoms with Gasteiger partial charge in [-0.3, -0.25) is 9.59 Å². The molecule has 1 heterocycles. The molecule has 1 amide bonds. The number of nitrogens with one attached hydrogen (secondary N) is 1. The smallest absolute Gasteiger partial charge is 0.307 e. The van der Waals surface area contributed by atoms with Crippen LogP contribution in [0.1, 0.15) is 21.7 Å². The lowest BCUT2D eigenvalue weighted by Gasteiger charge is -2.05. The molecule has 0 aliphatic heterocycles. The molecule has 0 unspecified atom stereocenters. The van der Waals surface area contributed by atoms with Crippen LogP contribution in [0.3, 0.4) is 0 Å². The summed E-state index contributed by atoms with van der Waals surface area (Å²) in [4.78, 5) is 23.1. The molecule has 0 aliphatic rings. The molecule has 2 N–H and O–H groups in total. The van der Waals surface area contributed by atoms with Gasteiger partial charge in [0, 0.05) is 11.3 Å². The Morgan fingerprint density at radius 3 is 2.52 bits per heavy atom. The quantitative estimate of drug-likeness (QED) is 0.734. The lowest BCUT2D eigenvalue weighted by molar-refractivity contribution is -0.136. The second-order valence-electron chi connectivity index (χ2n) is 5.75. The van der Waals surface area contributed by atoms with Crippen LogP contribution in [0.4, 0.5) is 5.69 Å². The van der Waals surface area contributed by atoms with Crippen molar-refractivity contribution in [2.75, 3.05) is 5.32 Å². The molecule has 0 atom stereocenters. The predicted molar refractivity (Wildman–Crippen MR) is 94.6 cm³/mol. The van der Waals surface area contributed by atoms with Gasteiger partial charge < -0.3 is 14.8 Å². The van der Waals surface area contributed by atoms with Crippen LogP contribution in [0, 0.1) is 6.92 Å². The number of carbonyl (C=O) groups excluding carboxylic acids is 1. The molecule has 0 bridgehead atoms. The van der Waals surface area contributed by atoms with Crippen molar-refractivity contribution in [1.82, 2.24) is 0 Å². The second kappa shape index (κ2) is 7.05. The van der Waals surface area contributed by atoms with Gasteiger partial charge in [0.25, 0.3) is 5.91 Å². The number of carboxylic acids is 1. The average molecular weight is 335 g/mol. The number of hydrogen-bond acceptors (Lipinski definition) is 3. The zero-order chi connectivity index (χ0) is 17.8. The molecule has 2 aromatic carbocycles. The van der Waals surface area contributed by atoms with Crippen LogP contribution >= 0.6 is 0 Å². The van der Waals surface area contributed by atoms with Crippen molar-refractivity contribution in [2.45, 2.75) is 13.3 Å². The Hall–Kier alpha value is -3.34. The lowest BCUT2D eigenvalue weighted by Crippen LogP contribution is -2.11. The van der Waals surface area contributed by atoms with Gasteiger partial charge in [-0.2, -0.15) is 0 Å². The molecular formula is C20H17NO4. The van der Waals surface area contributed by atoms with Crippen LogP contribution < -0.4 is 5.32 Å². The Balaban J connectivity index is 1.74. The third-order valence-corrected chi connectivity index (χ3v) is 3.71. The zero-order valence-corrected chi connectivity index (χ0v) is 13.7. The lowest BCUT2D eigenvalue weighted by atomic mass is 10.1. The van der Waals surface area contributed by atoms with E-state index in [0.29, 0.717) is 17.0 Å². The van der Waals surface area contributed by atoms with E-state index in [9.17, 15) is 9.59 Å². The van der Waals surface area contributed by atoms with Gasteiger partial charge >= 0.3 is 5.97 Å². The van der Waals surface area contributed by atoms with E-state index < -0.39 is 5.97 Å². The highest BCUT2D eigenvalue weighted by molar-refractivity contribution is 6.02. The first kappa shape index (κ1) is 16.5. The highest BCUT2D eigenvalue weighted by Crippen LogP contribution is 2.23. The topological polar surface area (TPSA) is 79.5 Å². The van der Waals surface area contributed by atoms with E-state index in [2.05, 4.69) is 5.32 Å². The van der Waals surface area contributed by atoms with Crippen LogP contribution in [0.5, 0.6) is 0 Å². The number of carboxylic acid groups (broad SMARTS) is 1. The van der Waals surface area contributed by atoms with E-state index in [1.54, 1.807) is 36.4 Å². The molecule has 25 heavy (non-hydrogen) atoms. The monoisotopic (exact) mass is 335 g/mol. The zero-order valence-electron chi connectivity index (χ0n) is 13.7. The summed E-state index contributed by atoms with van der Waals surface area (Å²) in [5, 5.41) is 11.6. The van der Waals surface area contributed by atoms with Gasteiger partial charge in [0.2, 0.25) is 0 Å². The van der Waals surface area contributed by atoms with Crippen LogP contribution in [0.2, 0.25) is 0 Å². The summed E-state index contributed by atoms with van der Waals surface area (Å²) in [6.07, 6.45) is -0.0952. The van der Waals surface area contributed by atoms with Crippen LogP contribution in [-0.4, -0.2) is 17.0 Å². The summed E-state index contributed by atoms with van der Waals surface area (Å²) >= 11 is 0. The molecule has 0 radical (unpaired) electrons. The molecule has 1 aromatic heterocycles. The fraction of sp³-hybridized carbons (Fsp3) is 0.100. The molecule has 0 fully saturated rings. The number of carbonyl (C=O) groups is 2. The molecule has 0 spiro atoms. The molecule has 0 aliphatic carbocycles. The highest BCUT2D eigenvalue weighted by Gasteiger charge is 2.13. The van der Waals surface area contributed by atoms with Gasteiger partial charge in [-0.15, -0.1) is 0 Å². The SMILES string of the molecule is Cc1ccc(-c2ccc(C(=O)Nc3cccc(CC(=O)O)c3)o2)cc1.